The van der Waals surface area contributed by atoms with Crippen LogP contribution in [0.3, 0.4) is 0 Å². The lowest BCUT2D eigenvalue weighted by atomic mass is 9.92. The molecular formula is C22H29FO13S. The molecule has 0 aliphatic carbocycles. The maximum Gasteiger partial charge on any atom is 0.303 e. The highest BCUT2D eigenvalue weighted by molar-refractivity contribution is 8.03. The predicted octanol–water partition coefficient (Wildman–Crippen LogP) is -0.148. The largest absolute Gasteiger partial charge is 0.463 e. The number of hydrogen-bond acceptors (Lipinski definition) is 14. The molecule has 0 amide bonds. The van der Waals surface area contributed by atoms with Gasteiger partial charge in [-0.15, -0.1) is 11.8 Å². The van der Waals surface area contributed by atoms with E-state index in [-0.39, 0.29) is 22.8 Å². The van der Waals surface area contributed by atoms with E-state index in [1.54, 1.807) is 0 Å². The Bertz CT molecular complexity index is 942. The fourth-order valence-corrected chi connectivity index (χ4v) is 5.33. The van der Waals surface area contributed by atoms with Crippen LogP contribution in [0.25, 0.3) is 0 Å². The lowest BCUT2D eigenvalue weighted by Gasteiger charge is -2.51. The summed E-state index contributed by atoms with van der Waals surface area (Å²) in [6, 6.07) is 0. The van der Waals surface area contributed by atoms with E-state index >= 15 is 0 Å². The molecule has 15 heteroatoms. The quantitative estimate of drug-likeness (QED) is 0.315. The van der Waals surface area contributed by atoms with E-state index in [9.17, 15) is 33.8 Å². The first kappa shape index (κ1) is 29.1. The van der Waals surface area contributed by atoms with Crippen LogP contribution in [-0.2, 0) is 52.3 Å². The van der Waals surface area contributed by atoms with E-state index in [4.69, 9.17) is 33.2 Å². The number of aliphatic hydroxyl groups is 2. The Labute approximate surface area is 215 Å². The molecule has 1 fully saturated rings. The van der Waals surface area contributed by atoms with Gasteiger partial charge in [0.25, 0.3) is 0 Å². The zero-order valence-corrected chi connectivity index (χ0v) is 21.4. The van der Waals surface area contributed by atoms with Crippen molar-refractivity contribution >= 4 is 35.6 Å². The Kier molecular flexibility index (Phi) is 9.39. The lowest BCUT2D eigenvalue weighted by Crippen LogP contribution is -2.64. The molecule has 0 radical (unpaired) electrons. The van der Waals surface area contributed by atoms with Gasteiger partial charge in [0.1, 0.15) is 31.0 Å². The number of ether oxygens (including phenoxy) is 7. The van der Waals surface area contributed by atoms with Gasteiger partial charge in [0, 0.05) is 27.7 Å². The van der Waals surface area contributed by atoms with Gasteiger partial charge in [0.15, 0.2) is 18.0 Å². The summed E-state index contributed by atoms with van der Waals surface area (Å²) in [6.07, 6.45) is -10.3. The van der Waals surface area contributed by atoms with Crippen molar-refractivity contribution in [1.29, 1.82) is 0 Å². The maximum absolute atomic E-state index is 15.0. The number of aliphatic hydroxyl groups excluding tert-OH is 2. The number of esters is 4. The molecule has 37 heavy (non-hydrogen) atoms. The van der Waals surface area contributed by atoms with Crippen molar-refractivity contribution in [3.8, 4) is 0 Å². The van der Waals surface area contributed by atoms with Gasteiger partial charge >= 0.3 is 23.9 Å². The second-order valence-electron chi connectivity index (χ2n) is 8.61. The molecule has 1 saturated heterocycles. The fourth-order valence-electron chi connectivity index (χ4n) is 4.22. The van der Waals surface area contributed by atoms with Crippen molar-refractivity contribution in [3.63, 3.8) is 0 Å². The molecular weight excluding hydrogens is 523 g/mol. The molecule has 0 saturated carbocycles. The van der Waals surface area contributed by atoms with Gasteiger partial charge in [-0.05, 0) is 0 Å². The van der Waals surface area contributed by atoms with Gasteiger partial charge in [0.05, 0.1) is 23.7 Å². The monoisotopic (exact) mass is 552 g/mol. The highest BCUT2D eigenvalue weighted by Crippen LogP contribution is 2.48. The SMILES string of the molecule is CC(=O)OCC1OC(F)C2=C(O[C@]3(CS2)CC(OC(C)=O)C(OC(C)=O)[C@@H]([C@H](O)CO)O3)C1OC(C)=O. The summed E-state index contributed by atoms with van der Waals surface area (Å²) < 4.78 is 53.3. The number of rotatable bonds is 7. The molecule has 1 spiro atoms. The number of thioether (sulfide) groups is 1. The minimum atomic E-state index is -2.01. The summed E-state index contributed by atoms with van der Waals surface area (Å²) in [5, 5.41) is 20.1. The van der Waals surface area contributed by atoms with E-state index in [0.717, 1.165) is 39.5 Å². The van der Waals surface area contributed by atoms with Crippen LogP contribution in [0.2, 0.25) is 0 Å². The van der Waals surface area contributed by atoms with Gasteiger partial charge in [-0.3, -0.25) is 19.2 Å². The third-order valence-corrected chi connectivity index (χ3v) is 6.85. The van der Waals surface area contributed by atoms with Crippen molar-refractivity contribution in [2.45, 2.75) is 82.9 Å². The minimum Gasteiger partial charge on any atom is -0.463 e. The number of alkyl halides is 1. The highest BCUT2D eigenvalue weighted by Gasteiger charge is 2.58. The average molecular weight is 553 g/mol. The number of halogens is 1. The lowest BCUT2D eigenvalue weighted by molar-refractivity contribution is -0.321. The topological polar surface area (TPSA) is 173 Å². The van der Waals surface area contributed by atoms with Crippen LogP contribution in [-0.4, -0.2) is 102 Å². The summed E-state index contributed by atoms with van der Waals surface area (Å²) in [4.78, 5) is 46.7. The van der Waals surface area contributed by atoms with E-state index in [0.29, 0.717) is 0 Å². The van der Waals surface area contributed by atoms with Crippen LogP contribution in [0.15, 0.2) is 10.7 Å². The number of carbonyl (C=O) groups excluding carboxylic acids is 4. The first-order valence-corrected chi connectivity index (χ1v) is 12.3. The molecule has 5 unspecified atom stereocenters. The van der Waals surface area contributed by atoms with Crippen molar-refractivity contribution < 1.29 is 66.9 Å². The standard InChI is InChI=1S/C22H29FO13S/c1-9(25)30-7-15-18(33-12(4)28)19-20(21(23)34-15)37-8-22(36-19)5-14(31-10(2)26)17(32-11(3)27)16(35-22)13(29)6-24/h13-18,21,24,29H,5-8H2,1-4H3/t13-,14?,15?,16-,17?,18?,21?,22+/m1/s1. The molecule has 3 heterocycles. The number of hydrogen-bond donors (Lipinski definition) is 2. The molecule has 208 valence electrons. The minimum absolute atomic E-state index is 0.0510. The van der Waals surface area contributed by atoms with Gasteiger partial charge in [-0.2, -0.15) is 0 Å². The molecule has 2 N–H and O–H groups in total. The molecule has 0 aromatic rings. The molecule has 13 nitrogen and oxygen atoms in total. The van der Waals surface area contributed by atoms with Crippen molar-refractivity contribution in [1.82, 2.24) is 0 Å². The third-order valence-electron chi connectivity index (χ3n) is 5.57. The summed E-state index contributed by atoms with van der Waals surface area (Å²) in [6.45, 7) is 3.24. The summed E-state index contributed by atoms with van der Waals surface area (Å²) in [5.41, 5.74) is 0. The maximum atomic E-state index is 15.0. The summed E-state index contributed by atoms with van der Waals surface area (Å²) in [7, 11) is 0. The normalized spacial score (nSPS) is 34.0. The second-order valence-corrected chi connectivity index (χ2v) is 9.63. The van der Waals surface area contributed by atoms with Crippen LogP contribution in [0.5, 0.6) is 0 Å². The Hall–Kier alpha value is -2.46. The third kappa shape index (κ3) is 6.90. The average Bonchev–Trinajstić information content (AvgIpc) is 2.80. The first-order valence-electron chi connectivity index (χ1n) is 11.3. The molecule has 0 bridgehead atoms. The Morgan fingerprint density at radius 1 is 1.08 bits per heavy atom. The Morgan fingerprint density at radius 2 is 1.73 bits per heavy atom. The highest BCUT2D eigenvalue weighted by atomic mass is 32.2. The Morgan fingerprint density at radius 3 is 2.30 bits per heavy atom. The summed E-state index contributed by atoms with van der Waals surface area (Å²) >= 11 is 0.913. The molecule has 3 rings (SSSR count). The second kappa shape index (κ2) is 11.9. The van der Waals surface area contributed by atoms with Gasteiger partial charge in [-0.25, -0.2) is 4.39 Å². The molecule has 0 aromatic carbocycles. The van der Waals surface area contributed by atoms with Crippen LogP contribution >= 0.6 is 11.8 Å². The fraction of sp³-hybridized carbons (Fsp3) is 0.727. The van der Waals surface area contributed by atoms with E-state index in [1.165, 1.54) is 0 Å². The van der Waals surface area contributed by atoms with Crippen molar-refractivity contribution in [2.24, 2.45) is 0 Å². The van der Waals surface area contributed by atoms with E-state index in [1.807, 2.05) is 0 Å². The van der Waals surface area contributed by atoms with Crippen molar-refractivity contribution in [3.05, 3.63) is 10.7 Å². The van der Waals surface area contributed by atoms with Crippen molar-refractivity contribution in [2.75, 3.05) is 19.0 Å². The summed E-state index contributed by atoms with van der Waals surface area (Å²) in [5.74, 6) is -4.90. The van der Waals surface area contributed by atoms with Gasteiger partial charge < -0.3 is 43.4 Å². The molecule has 3 aliphatic heterocycles. The Balaban J connectivity index is 1.99. The van der Waals surface area contributed by atoms with Crippen LogP contribution < -0.4 is 0 Å². The smallest absolute Gasteiger partial charge is 0.303 e. The van der Waals surface area contributed by atoms with Gasteiger partial charge in [0.2, 0.25) is 12.1 Å². The van der Waals surface area contributed by atoms with Crippen LogP contribution in [0.4, 0.5) is 4.39 Å². The zero-order chi connectivity index (χ0) is 27.5. The molecule has 8 atom stereocenters. The van der Waals surface area contributed by atoms with Crippen LogP contribution in [0, 0.1) is 0 Å². The molecule has 0 aromatic heterocycles. The van der Waals surface area contributed by atoms with Crippen LogP contribution in [0.1, 0.15) is 34.1 Å². The number of carbonyl (C=O) groups is 4. The van der Waals surface area contributed by atoms with Gasteiger partial charge in [-0.1, -0.05) is 0 Å². The zero-order valence-electron chi connectivity index (χ0n) is 20.5. The predicted molar refractivity (Wildman–Crippen MR) is 119 cm³/mol. The molecule has 3 aliphatic rings. The first-order chi connectivity index (χ1) is 17.4. The van der Waals surface area contributed by atoms with E-state index < -0.39 is 85.9 Å². The van der Waals surface area contributed by atoms with E-state index in [2.05, 4.69) is 0 Å².